The monoisotopic (exact) mass is 283 g/mol. The van der Waals surface area contributed by atoms with Gasteiger partial charge in [-0.3, -0.25) is 9.59 Å². The molecule has 0 fully saturated rings. The van der Waals surface area contributed by atoms with Crippen LogP contribution in [0.2, 0.25) is 0 Å². The number of rotatable bonds is 7. The van der Waals surface area contributed by atoms with Gasteiger partial charge >= 0.3 is 11.9 Å². The molecule has 2 atom stereocenters. The van der Waals surface area contributed by atoms with E-state index in [1.165, 1.54) is 7.11 Å². The van der Waals surface area contributed by atoms with Crippen molar-refractivity contribution in [1.82, 2.24) is 0 Å². The molecule has 0 saturated heterocycles. The van der Waals surface area contributed by atoms with Gasteiger partial charge in [-0.05, 0) is 39.5 Å². The number of hydrogen-bond donors (Lipinski definition) is 0. The van der Waals surface area contributed by atoms with Crippen LogP contribution in [0.3, 0.4) is 0 Å². The summed E-state index contributed by atoms with van der Waals surface area (Å²) < 4.78 is 10.0. The molecule has 0 spiro atoms. The second-order valence-electron chi connectivity index (χ2n) is 5.95. The van der Waals surface area contributed by atoms with E-state index < -0.39 is 5.60 Å². The highest BCUT2D eigenvalue weighted by Crippen LogP contribution is 2.25. The quantitative estimate of drug-likeness (QED) is 0.530. The lowest BCUT2D eigenvalue weighted by Gasteiger charge is -2.27. The lowest BCUT2D eigenvalue weighted by molar-refractivity contribution is -0.162. The highest BCUT2D eigenvalue weighted by molar-refractivity contribution is 5.75. The van der Waals surface area contributed by atoms with Crippen LogP contribution in [0.15, 0.2) is 0 Å². The summed E-state index contributed by atoms with van der Waals surface area (Å²) in [6, 6.07) is 2.06. The molecule has 0 bridgehead atoms. The van der Waals surface area contributed by atoms with E-state index in [0.29, 0.717) is 19.3 Å². The molecule has 0 N–H and O–H groups in total. The second-order valence-corrected chi connectivity index (χ2v) is 5.95. The van der Waals surface area contributed by atoms with Gasteiger partial charge < -0.3 is 9.47 Å². The van der Waals surface area contributed by atoms with Crippen LogP contribution in [0.4, 0.5) is 0 Å². The summed E-state index contributed by atoms with van der Waals surface area (Å²) in [6.07, 6.45) is 1.73. The Morgan fingerprint density at radius 3 is 2.35 bits per heavy atom. The zero-order valence-electron chi connectivity index (χ0n) is 13.1. The van der Waals surface area contributed by atoms with E-state index in [9.17, 15) is 9.59 Å². The van der Waals surface area contributed by atoms with Crippen LogP contribution in [0.25, 0.3) is 0 Å². The van der Waals surface area contributed by atoms with Gasteiger partial charge in [0.1, 0.15) is 5.60 Å². The fraction of sp³-hybridized carbons (Fsp3) is 0.800. The first-order valence-electron chi connectivity index (χ1n) is 6.88. The predicted molar refractivity (Wildman–Crippen MR) is 74.6 cm³/mol. The molecule has 20 heavy (non-hydrogen) atoms. The molecular weight excluding hydrogens is 258 g/mol. The minimum atomic E-state index is -0.560. The Morgan fingerprint density at radius 2 is 1.90 bits per heavy atom. The Morgan fingerprint density at radius 1 is 1.30 bits per heavy atom. The fourth-order valence-corrected chi connectivity index (χ4v) is 1.90. The molecule has 0 aromatic rings. The summed E-state index contributed by atoms with van der Waals surface area (Å²) in [5, 5.41) is 8.59. The molecule has 0 aliphatic rings. The number of nitriles is 1. The molecule has 5 nitrogen and oxygen atoms in total. The van der Waals surface area contributed by atoms with Gasteiger partial charge in [-0.15, -0.1) is 0 Å². The average molecular weight is 283 g/mol. The molecule has 0 radical (unpaired) electrons. The lowest BCUT2D eigenvalue weighted by Crippen LogP contribution is -2.32. The van der Waals surface area contributed by atoms with Crippen LogP contribution in [0.5, 0.6) is 0 Å². The topological polar surface area (TPSA) is 76.4 Å². The number of ether oxygens (including phenoxy) is 2. The van der Waals surface area contributed by atoms with E-state index in [1.54, 1.807) is 0 Å². The van der Waals surface area contributed by atoms with E-state index in [0.717, 1.165) is 0 Å². The summed E-state index contributed by atoms with van der Waals surface area (Å²) in [5.74, 6) is -1.21. The van der Waals surface area contributed by atoms with E-state index >= 15 is 0 Å². The van der Waals surface area contributed by atoms with Gasteiger partial charge in [0.2, 0.25) is 0 Å². The van der Waals surface area contributed by atoms with Crippen molar-refractivity contribution >= 4 is 11.9 Å². The fourth-order valence-electron chi connectivity index (χ4n) is 1.90. The maximum absolute atomic E-state index is 12.2. The number of hydrogen-bond acceptors (Lipinski definition) is 5. The number of methoxy groups -OCH3 is 1. The van der Waals surface area contributed by atoms with Crippen molar-refractivity contribution in [1.29, 1.82) is 5.26 Å². The summed E-state index contributed by atoms with van der Waals surface area (Å²) in [7, 11) is 1.33. The van der Waals surface area contributed by atoms with Crippen molar-refractivity contribution in [3.8, 4) is 6.07 Å². The molecule has 0 aliphatic heterocycles. The van der Waals surface area contributed by atoms with Crippen LogP contribution in [0.1, 0.15) is 53.4 Å². The first-order valence-corrected chi connectivity index (χ1v) is 6.88. The molecule has 0 saturated carbocycles. The zero-order valence-corrected chi connectivity index (χ0v) is 13.1. The molecule has 0 aromatic heterocycles. The van der Waals surface area contributed by atoms with Gasteiger partial charge in [-0.1, -0.05) is 6.92 Å². The van der Waals surface area contributed by atoms with Crippen LogP contribution in [-0.2, 0) is 19.1 Å². The predicted octanol–water partition coefficient (Wildman–Crippen LogP) is 2.84. The van der Waals surface area contributed by atoms with E-state index in [2.05, 4.69) is 10.8 Å². The van der Waals surface area contributed by atoms with E-state index in [1.807, 2.05) is 27.7 Å². The Kier molecular flexibility index (Phi) is 7.90. The zero-order chi connectivity index (χ0) is 15.8. The molecule has 0 heterocycles. The second kappa shape index (κ2) is 8.57. The van der Waals surface area contributed by atoms with Gasteiger partial charge in [-0.2, -0.15) is 5.26 Å². The number of carbonyl (C=O) groups is 2. The Balaban J connectivity index is 4.74. The van der Waals surface area contributed by atoms with Gasteiger partial charge in [0.05, 0.1) is 19.1 Å². The van der Waals surface area contributed by atoms with Crippen LogP contribution in [0, 0.1) is 23.2 Å². The minimum absolute atomic E-state index is 0.170. The van der Waals surface area contributed by atoms with E-state index in [4.69, 9.17) is 10.00 Å². The summed E-state index contributed by atoms with van der Waals surface area (Å²) in [4.78, 5) is 23.5. The summed E-state index contributed by atoms with van der Waals surface area (Å²) >= 11 is 0. The highest BCUT2D eigenvalue weighted by atomic mass is 16.6. The normalized spacial score (nSPS) is 14.0. The smallest absolute Gasteiger partial charge is 0.309 e. The molecule has 2 unspecified atom stereocenters. The first-order chi connectivity index (χ1) is 9.21. The van der Waals surface area contributed by atoms with Crippen LogP contribution >= 0.6 is 0 Å². The van der Waals surface area contributed by atoms with Crippen molar-refractivity contribution in [2.45, 2.75) is 59.0 Å². The highest BCUT2D eigenvalue weighted by Gasteiger charge is 2.30. The maximum atomic E-state index is 12.2. The molecule has 0 amide bonds. The minimum Gasteiger partial charge on any atom is -0.469 e. The molecule has 0 rings (SSSR count). The third-order valence-electron chi connectivity index (χ3n) is 2.92. The number of carbonyl (C=O) groups excluding carboxylic acids is 2. The molecule has 114 valence electrons. The van der Waals surface area contributed by atoms with Gasteiger partial charge in [-0.25, -0.2) is 0 Å². The van der Waals surface area contributed by atoms with Crippen molar-refractivity contribution in [2.75, 3.05) is 7.11 Å². The standard InChI is InChI=1S/C15H25NO4/c1-11(10-13(17)19-5)12(8-6-7-9-16)14(18)20-15(2,3)4/h11-12H,6-8,10H2,1-5H3. The summed E-state index contributed by atoms with van der Waals surface area (Å²) in [5.41, 5.74) is -0.560. The number of esters is 2. The molecule has 5 heteroatoms. The van der Waals surface area contributed by atoms with Crippen molar-refractivity contribution < 1.29 is 19.1 Å². The lowest BCUT2D eigenvalue weighted by atomic mass is 9.87. The largest absolute Gasteiger partial charge is 0.469 e. The molecule has 0 aliphatic carbocycles. The SMILES string of the molecule is COC(=O)CC(C)C(CCCC#N)C(=O)OC(C)(C)C. The summed E-state index contributed by atoms with van der Waals surface area (Å²) in [6.45, 7) is 7.25. The Hall–Kier alpha value is -1.57. The van der Waals surface area contributed by atoms with Gasteiger partial charge in [0.25, 0.3) is 0 Å². The molecule has 0 aromatic carbocycles. The molecular formula is C15H25NO4. The number of nitrogens with zero attached hydrogens (tertiary/aromatic N) is 1. The van der Waals surface area contributed by atoms with Crippen molar-refractivity contribution in [3.63, 3.8) is 0 Å². The number of unbranched alkanes of at least 4 members (excludes halogenated alkanes) is 1. The Labute approximate surface area is 121 Å². The van der Waals surface area contributed by atoms with Gasteiger partial charge in [0.15, 0.2) is 0 Å². The average Bonchev–Trinajstić information content (AvgIpc) is 2.31. The van der Waals surface area contributed by atoms with E-state index in [-0.39, 0.29) is 30.2 Å². The van der Waals surface area contributed by atoms with Crippen LogP contribution in [-0.4, -0.2) is 24.6 Å². The van der Waals surface area contributed by atoms with Gasteiger partial charge in [0, 0.05) is 12.8 Å². The van der Waals surface area contributed by atoms with Crippen LogP contribution < -0.4 is 0 Å². The third kappa shape index (κ3) is 7.78. The first kappa shape index (κ1) is 18.4. The van der Waals surface area contributed by atoms with Crippen molar-refractivity contribution in [2.24, 2.45) is 11.8 Å². The Bertz CT molecular complexity index is 365. The maximum Gasteiger partial charge on any atom is 0.309 e. The van der Waals surface area contributed by atoms with Crippen molar-refractivity contribution in [3.05, 3.63) is 0 Å². The third-order valence-corrected chi connectivity index (χ3v) is 2.92.